The summed E-state index contributed by atoms with van der Waals surface area (Å²) in [5.74, 6) is 0.0586. The predicted octanol–water partition coefficient (Wildman–Crippen LogP) is 2.71. The van der Waals surface area contributed by atoms with E-state index in [9.17, 15) is 9.59 Å². The van der Waals surface area contributed by atoms with Gasteiger partial charge in [-0.3, -0.25) is 4.79 Å². The lowest BCUT2D eigenvalue weighted by Gasteiger charge is -2.29. The van der Waals surface area contributed by atoms with E-state index in [1.165, 1.54) is 0 Å². The second kappa shape index (κ2) is 7.59. The monoisotopic (exact) mass is 342 g/mol. The zero-order valence-corrected chi connectivity index (χ0v) is 14.9. The maximum absolute atomic E-state index is 12.6. The molecule has 0 aliphatic carbocycles. The number of hydrogen-bond acceptors (Lipinski definition) is 2. The smallest absolute Gasteiger partial charge is 0.318 e. The Balaban J connectivity index is 1.62. The normalized spacial score (nSPS) is 17.0. The van der Waals surface area contributed by atoms with Crippen molar-refractivity contribution in [1.82, 2.24) is 20.1 Å². The number of aromatic nitrogens is 1. The number of urea groups is 1. The Hall–Kier alpha value is -2.50. The van der Waals surface area contributed by atoms with Gasteiger partial charge in [0, 0.05) is 30.8 Å². The molecule has 1 aromatic heterocycles. The van der Waals surface area contributed by atoms with Gasteiger partial charge in [0.25, 0.3) is 0 Å². The summed E-state index contributed by atoms with van der Waals surface area (Å²) in [6.45, 7) is 6.35. The molecule has 1 aromatic carbocycles. The molecule has 0 radical (unpaired) electrons. The first-order valence-corrected chi connectivity index (χ1v) is 9.04. The molecular formula is C19H26N4O2. The van der Waals surface area contributed by atoms with Gasteiger partial charge in [-0.25, -0.2) is 4.79 Å². The number of nitrogens with one attached hydrogen (secondary N) is 2. The van der Waals surface area contributed by atoms with Crippen molar-refractivity contribution in [2.45, 2.75) is 39.3 Å². The number of H-pyrrole nitrogens is 1. The number of para-hydroxylation sites is 1. The van der Waals surface area contributed by atoms with E-state index in [1.807, 2.05) is 44.2 Å². The summed E-state index contributed by atoms with van der Waals surface area (Å²) >= 11 is 0. The second-order valence-electron chi connectivity index (χ2n) is 6.40. The van der Waals surface area contributed by atoms with Crippen molar-refractivity contribution >= 4 is 22.8 Å². The van der Waals surface area contributed by atoms with Crippen molar-refractivity contribution in [3.63, 3.8) is 0 Å². The molecule has 0 spiro atoms. The first kappa shape index (κ1) is 17.3. The van der Waals surface area contributed by atoms with Crippen molar-refractivity contribution in [3.05, 3.63) is 36.0 Å². The lowest BCUT2D eigenvalue weighted by molar-refractivity contribution is -0.134. The van der Waals surface area contributed by atoms with Gasteiger partial charge in [-0.05, 0) is 44.2 Å². The Bertz CT molecular complexity index is 718. The van der Waals surface area contributed by atoms with E-state index < -0.39 is 0 Å². The van der Waals surface area contributed by atoms with Gasteiger partial charge in [-0.15, -0.1) is 0 Å². The Kier molecular flexibility index (Phi) is 5.26. The van der Waals surface area contributed by atoms with Crippen molar-refractivity contribution < 1.29 is 9.59 Å². The highest BCUT2D eigenvalue weighted by atomic mass is 16.2. The number of likely N-dealkylation sites (N-methyl/N-ethyl adjacent to an activating group) is 1. The number of likely N-dealkylation sites (tertiary alicyclic amines) is 1. The molecule has 1 saturated heterocycles. The van der Waals surface area contributed by atoms with Gasteiger partial charge in [-0.2, -0.15) is 0 Å². The SMILES string of the molecule is CCN(CC)C(=O)[C@@H]1CCCN1C(=O)NCc1cc2ccccc2[nH]1. The molecule has 1 atom stereocenters. The van der Waals surface area contributed by atoms with Crippen LogP contribution in [0.2, 0.25) is 0 Å². The molecule has 1 fully saturated rings. The van der Waals surface area contributed by atoms with E-state index in [4.69, 9.17) is 0 Å². The standard InChI is InChI=1S/C19H26N4O2/c1-3-22(4-2)18(24)17-10-7-11-23(17)19(25)20-13-15-12-14-8-5-6-9-16(14)21-15/h5-6,8-9,12,17,21H,3-4,7,10-11,13H2,1-2H3,(H,20,25)/t17-/m0/s1. The number of carbonyl (C=O) groups excluding carboxylic acids is 2. The molecule has 6 heteroatoms. The molecule has 1 aliphatic rings. The number of nitrogens with zero attached hydrogens (tertiary/aromatic N) is 2. The minimum Gasteiger partial charge on any atom is -0.357 e. The summed E-state index contributed by atoms with van der Waals surface area (Å²) in [5, 5.41) is 4.07. The lowest BCUT2D eigenvalue weighted by atomic mass is 10.2. The average molecular weight is 342 g/mol. The van der Waals surface area contributed by atoms with Crippen LogP contribution in [0.5, 0.6) is 0 Å². The van der Waals surface area contributed by atoms with Crippen LogP contribution in [0.4, 0.5) is 4.79 Å². The summed E-state index contributed by atoms with van der Waals surface area (Å²) in [6.07, 6.45) is 1.62. The number of amides is 3. The van der Waals surface area contributed by atoms with Gasteiger partial charge < -0.3 is 20.1 Å². The molecule has 1 aliphatic heterocycles. The molecule has 0 bridgehead atoms. The van der Waals surface area contributed by atoms with Gasteiger partial charge in [-0.1, -0.05) is 18.2 Å². The molecule has 2 heterocycles. The third kappa shape index (κ3) is 3.62. The third-order valence-electron chi connectivity index (χ3n) is 4.89. The Morgan fingerprint density at radius 1 is 1.28 bits per heavy atom. The van der Waals surface area contributed by atoms with E-state index in [0.29, 0.717) is 26.2 Å². The van der Waals surface area contributed by atoms with E-state index in [0.717, 1.165) is 29.4 Å². The van der Waals surface area contributed by atoms with E-state index in [-0.39, 0.29) is 18.0 Å². The van der Waals surface area contributed by atoms with Gasteiger partial charge in [0.05, 0.1) is 6.54 Å². The van der Waals surface area contributed by atoms with Gasteiger partial charge in [0.2, 0.25) is 5.91 Å². The first-order chi connectivity index (χ1) is 12.1. The first-order valence-electron chi connectivity index (χ1n) is 9.04. The predicted molar refractivity (Wildman–Crippen MR) is 98.2 cm³/mol. The summed E-state index contributed by atoms with van der Waals surface area (Å²) in [6, 6.07) is 9.57. The van der Waals surface area contributed by atoms with Crippen LogP contribution in [0, 0.1) is 0 Å². The summed E-state index contributed by atoms with van der Waals surface area (Å²) in [4.78, 5) is 32.0. The van der Waals surface area contributed by atoms with Crippen molar-refractivity contribution in [3.8, 4) is 0 Å². The van der Waals surface area contributed by atoms with E-state index in [2.05, 4.69) is 10.3 Å². The fourth-order valence-electron chi connectivity index (χ4n) is 3.51. The van der Waals surface area contributed by atoms with Crippen LogP contribution in [0.3, 0.4) is 0 Å². The van der Waals surface area contributed by atoms with Crippen molar-refractivity contribution in [1.29, 1.82) is 0 Å². The number of carbonyl (C=O) groups is 2. The average Bonchev–Trinajstić information content (AvgIpc) is 3.27. The van der Waals surface area contributed by atoms with E-state index in [1.54, 1.807) is 9.80 Å². The van der Waals surface area contributed by atoms with Gasteiger partial charge >= 0.3 is 6.03 Å². The maximum atomic E-state index is 12.6. The Labute approximate surface area is 148 Å². The van der Waals surface area contributed by atoms with Crippen molar-refractivity contribution in [2.24, 2.45) is 0 Å². The largest absolute Gasteiger partial charge is 0.357 e. The van der Waals surface area contributed by atoms with Crippen LogP contribution in [-0.2, 0) is 11.3 Å². The molecule has 6 nitrogen and oxygen atoms in total. The number of benzene rings is 1. The zero-order valence-electron chi connectivity index (χ0n) is 14.9. The molecule has 0 unspecified atom stereocenters. The fourth-order valence-corrected chi connectivity index (χ4v) is 3.51. The van der Waals surface area contributed by atoms with Crippen LogP contribution < -0.4 is 5.32 Å². The minimum absolute atomic E-state index is 0.0586. The number of rotatable bonds is 5. The highest BCUT2D eigenvalue weighted by Gasteiger charge is 2.35. The quantitative estimate of drug-likeness (QED) is 0.877. The Morgan fingerprint density at radius 2 is 2.04 bits per heavy atom. The molecule has 0 saturated carbocycles. The molecule has 25 heavy (non-hydrogen) atoms. The summed E-state index contributed by atoms with van der Waals surface area (Å²) < 4.78 is 0. The number of fused-ring (bicyclic) bond motifs is 1. The highest BCUT2D eigenvalue weighted by molar-refractivity contribution is 5.87. The van der Waals surface area contributed by atoms with Gasteiger partial charge in [0.1, 0.15) is 6.04 Å². The molecular weight excluding hydrogens is 316 g/mol. The topological polar surface area (TPSA) is 68.4 Å². The van der Waals surface area contributed by atoms with Crippen LogP contribution in [0.1, 0.15) is 32.4 Å². The third-order valence-corrected chi connectivity index (χ3v) is 4.89. The molecule has 2 aromatic rings. The zero-order chi connectivity index (χ0) is 17.8. The Morgan fingerprint density at radius 3 is 2.76 bits per heavy atom. The lowest BCUT2D eigenvalue weighted by Crippen LogP contribution is -2.50. The molecule has 3 rings (SSSR count). The number of aromatic amines is 1. The number of hydrogen-bond donors (Lipinski definition) is 2. The van der Waals surface area contributed by atoms with Crippen LogP contribution >= 0.6 is 0 Å². The second-order valence-corrected chi connectivity index (χ2v) is 6.40. The fraction of sp³-hybridized carbons (Fsp3) is 0.474. The molecule has 134 valence electrons. The highest BCUT2D eigenvalue weighted by Crippen LogP contribution is 2.20. The van der Waals surface area contributed by atoms with Gasteiger partial charge in [0.15, 0.2) is 0 Å². The van der Waals surface area contributed by atoms with Crippen LogP contribution in [0.15, 0.2) is 30.3 Å². The minimum atomic E-state index is -0.331. The van der Waals surface area contributed by atoms with E-state index >= 15 is 0 Å². The molecule has 2 N–H and O–H groups in total. The van der Waals surface area contributed by atoms with Crippen molar-refractivity contribution in [2.75, 3.05) is 19.6 Å². The molecule has 3 amide bonds. The maximum Gasteiger partial charge on any atom is 0.318 e. The van der Waals surface area contributed by atoms with Crippen LogP contribution in [0.25, 0.3) is 10.9 Å². The van der Waals surface area contributed by atoms with Crippen LogP contribution in [-0.4, -0.2) is 52.4 Å². The summed E-state index contributed by atoms with van der Waals surface area (Å²) in [5.41, 5.74) is 2.02. The summed E-state index contributed by atoms with van der Waals surface area (Å²) in [7, 11) is 0.